The van der Waals surface area contributed by atoms with Gasteiger partial charge in [0.2, 0.25) is 0 Å². The molecule has 5 nitrogen and oxygen atoms in total. The minimum atomic E-state index is -0.399. The van der Waals surface area contributed by atoms with Crippen LogP contribution in [-0.4, -0.2) is 22.5 Å². The van der Waals surface area contributed by atoms with E-state index < -0.39 is 5.82 Å². The number of aryl methyl sites for hydroxylation is 2. The summed E-state index contributed by atoms with van der Waals surface area (Å²) in [6, 6.07) is 23.4. The van der Waals surface area contributed by atoms with Gasteiger partial charge in [-0.1, -0.05) is 36.4 Å². The molecule has 5 rings (SSSR count). The molecule has 0 spiro atoms. The van der Waals surface area contributed by atoms with Gasteiger partial charge in [-0.25, -0.2) is 4.39 Å². The van der Waals surface area contributed by atoms with Gasteiger partial charge in [0, 0.05) is 58.5 Å². The number of hydrogen-bond donors (Lipinski definition) is 2. The molecule has 2 N–H and O–H groups in total. The quantitative estimate of drug-likeness (QED) is 0.208. The van der Waals surface area contributed by atoms with Crippen LogP contribution in [0, 0.1) is 12.7 Å². The first-order chi connectivity index (χ1) is 18.0. The lowest BCUT2D eigenvalue weighted by Gasteiger charge is -2.12. The zero-order valence-electron chi connectivity index (χ0n) is 20.9. The molecule has 0 radical (unpaired) electrons. The normalized spacial score (nSPS) is 11.1. The first kappa shape index (κ1) is 24.4. The molecule has 37 heavy (non-hydrogen) atoms. The summed E-state index contributed by atoms with van der Waals surface area (Å²) < 4.78 is 25.8. The number of esters is 1. The Hall–Kier alpha value is -4.32. The number of benzene rings is 3. The van der Waals surface area contributed by atoms with Crippen LogP contribution in [0.25, 0.3) is 22.2 Å². The Labute approximate surface area is 215 Å². The fraction of sp³-hybridized carbons (Fsp3) is 0.194. The molecule has 0 saturated heterocycles. The van der Waals surface area contributed by atoms with E-state index in [1.807, 2.05) is 62.4 Å². The summed E-state index contributed by atoms with van der Waals surface area (Å²) in [5.74, 6) is 0.236. The molecule has 0 saturated carbocycles. The van der Waals surface area contributed by atoms with Gasteiger partial charge in [-0.15, -0.1) is 0 Å². The maximum atomic E-state index is 14.8. The monoisotopic (exact) mass is 496 g/mol. The third kappa shape index (κ3) is 5.59. The number of carbonyl (C=O) groups is 1. The van der Waals surface area contributed by atoms with Crippen LogP contribution >= 0.6 is 0 Å². The Kier molecular flexibility index (Phi) is 7.08. The van der Waals surface area contributed by atoms with Gasteiger partial charge >= 0.3 is 5.97 Å². The van der Waals surface area contributed by atoms with Crippen LogP contribution in [-0.2, 0) is 22.4 Å². The number of halogens is 1. The number of nitrogens with one attached hydrogen (secondary N) is 2. The Balaban J connectivity index is 1.29. The Morgan fingerprint density at radius 1 is 0.973 bits per heavy atom. The van der Waals surface area contributed by atoms with E-state index in [1.165, 1.54) is 6.07 Å². The molecule has 0 aliphatic rings. The number of hydrogen-bond acceptors (Lipinski definition) is 3. The molecule has 0 bridgehead atoms. The van der Waals surface area contributed by atoms with Gasteiger partial charge in [-0.3, -0.25) is 4.79 Å². The Morgan fingerprint density at radius 2 is 1.81 bits per heavy atom. The van der Waals surface area contributed by atoms with Crippen molar-refractivity contribution < 1.29 is 18.7 Å². The highest BCUT2D eigenvalue weighted by Gasteiger charge is 2.14. The summed E-state index contributed by atoms with van der Waals surface area (Å²) in [4.78, 5) is 18.2. The van der Waals surface area contributed by atoms with Crippen LogP contribution < -0.4 is 4.74 Å². The van der Waals surface area contributed by atoms with Crippen molar-refractivity contribution in [3.63, 3.8) is 0 Å². The number of aromatic nitrogens is 2. The van der Waals surface area contributed by atoms with Crippen LogP contribution in [0.5, 0.6) is 11.5 Å². The second-order valence-corrected chi connectivity index (χ2v) is 9.08. The van der Waals surface area contributed by atoms with Crippen molar-refractivity contribution in [3.05, 3.63) is 107 Å². The second kappa shape index (κ2) is 10.7. The highest BCUT2D eigenvalue weighted by atomic mass is 19.1. The number of H-pyrrole nitrogens is 2. The van der Waals surface area contributed by atoms with E-state index in [9.17, 15) is 9.18 Å². The predicted octanol–water partition coefficient (Wildman–Crippen LogP) is 7.49. The number of aromatic amines is 2. The lowest BCUT2D eigenvalue weighted by molar-refractivity contribution is -0.143. The zero-order valence-corrected chi connectivity index (χ0v) is 20.9. The first-order valence-electron chi connectivity index (χ1n) is 12.5. The molecule has 6 heteroatoms. The van der Waals surface area contributed by atoms with E-state index in [2.05, 4.69) is 28.2 Å². The molecule has 0 amide bonds. The highest BCUT2D eigenvalue weighted by molar-refractivity contribution is 5.85. The lowest BCUT2D eigenvalue weighted by Crippen LogP contribution is -2.05. The van der Waals surface area contributed by atoms with Crippen molar-refractivity contribution in [1.29, 1.82) is 0 Å². The fourth-order valence-corrected chi connectivity index (χ4v) is 4.60. The number of rotatable bonds is 9. The van der Waals surface area contributed by atoms with E-state index in [1.54, 1.807) is 6.20 Å². The molecule has 188 valence electrons. The molecular weight excluding hydrogens is 467 g/mol. The minimum Gasteiger partial charge on any atom is -0.466 e. The van der Waals surface area contributed by atoms with Crippen LogP contribution in [0.1, 0.15) is 35.7 Å². The standard InChI is InChI=1S/C31H29FN2O3/c1-3-36-30(35)13-10-21-6-4-7-22(16-21)17-24-11-12-28(34-24)23-8-5-9-25(18-23)37-31-20(2)26-14-15-33-29(26)19-27(31)32/h4-9,11-12,14-16,18-19,33-34H,3,10,13,17H2,1-2H3. The SMILES string of the molecule is CCOC(=O)CCc1cccc(Cc2ccc(-c3cccc(Oc4c(F)cc5[nH]ccc5c4C)c3)[nH]2)c1. The largest absolute Gasteiger partial charge is 0.466 e. The number of fused-ring (bicyclic) bond motifs is 1. The van der Waals surface area contributed by atoms with Gasteiger partial charge in [0.05, 0.1) is 6.61 Å². The van der Waals surface area contributed by atoms with Crippen molar-refractivity contribution in [2.75, 3.05) is 6.61 Å². The average Bonchev–Trinajstić information content (AvgIpc) is 3.56. The average molecular weight is 497 g/mol. The van der Waals surface area contributed by atoms with Gasteiger partial charge < -0.3 is 19.4 Å². The van der Waals surface area contributed by atoms with Crippen LogP contribution in [0.2, 0.25) is 0 Å². The summed E-state index contributed by atoms with van der Waals surface area (Å²) in [5.41, 5.74) is 6.77. The van der Waals surface area contributed by atoms with Gasteiger partial charge in [0.25, 0.3) is 0 Å². The fourth-order valence-electron chi connectivity index (χ4n) is 4.60. The topological polar surface area (TPSA) is 67.1 Å². The molecule has 2 heterocycles. The van der Waals surface area contributed by atoms with Crippen molar-refractivity contribution in [2.24, 2.45) is 0 Å². The minimum absolute atomic E-state index is 0.170. The van der Waals surface area contributed by atoms with Crippen molar-refractivity contribution in [2.45, 2.75) is 33.1 Å². The van der Waals surface area contributed by atoms with E-state index in [4.69, 9.17) is 9.47 Å². The van der Waals surface area contributed by atoms with E-state index >= 15 is 0 Å². The van der Waals surface area contributed by atoms with Gasteiger partial charge in [-0.05, 0) is 61.7 Å². The van der Waals surface area contributed by atoms with Gasteiger partial charge in [0.15, 0.2) is 11.6 Å². The van der Waals surface area contributed by atoms with Gasteiger partial charge in [-0.2, -0.15) is 0 Å². The van der Waals surface area contributed by atoms with Crippen LogP contribution in [0.15, 0.2) is 79.0 Å². The lowest BCUT2D eigenvalue weighted by atomic mass is 10.0. The maximum Gasteiger partial charge on any atom is 0.306 e. The Bertz CT molecular complexity index is 1550. The highest BCUT2D eigenvalue weighted by Crippen LogP contribution is 2.34. The first-order valence-corrected chi connectivity index (χ1v) is 12.5. The van der Waals surface area contributed by atoms with E-state index in [-0.39, 0.29) is 11.7 Å². The molecule has 2 aromatic heterocycles. The molecule has 0 atom stereocenters. The Morgan fingerprint density at radius 3 is 2.68 bits per heavy atom. The second-order valence-electron chi connectivity index (χ2n) is 9.08. The number of carbonyl (C=O) groups excluding carboxylic acids is 1. The third-order valence-corrected chi connectivity index (χ3v) is 6.43. The molecule has 0 fully saturated rings. The van der Waals surface area contributed by atoms with Crippen molar-refractivity contribution in [1.82, 2.24) is 9.97 Å². The summed E-state index contributed by atoms with van der Waals surface area (Å²) in [5, 5.41) is 0.937. The van der Waals surface area contributed by atoms with Crippen molar-refractivity contribution >= 4 is 16.9 Å². The third-order valence-electron chi connectivity index (χ3n) is 6.43. The van der Waals surface area contributed by atoms with Crippen LogP contribution in [0.4, 0.5) is 4.39 Å². The summed E-state index contributed by atoms with van der Waals surface area (Å²) >= 11 is 0. The van der Waals surface area contributed by atoms with Crippen LogP contribution in [0.3, 0.4) is 0 Å². The summed E-state index contributed by atoms with van der Waals surface area (Å²) in [7, 11) is 0. The predicted molar refractivity (Wildman–Crippen MR) is 143 cm³/mol. The molecule has 0 aliphatic carbocycles. The molecular formula is C31H29FN2O3. The smallest absolute Gasteiger partial charge is 0.306 e. The van der Waals surface area contributed by atoms with E-state index in [0.29, 0.717) is 25.2 Å². The maximum absolute atomic E-state index is 14.8. The molecule has 0 aliphatic heterocycles. The van der Waals surface area contributed by atoms with Crippen molar-refractivity contribution in [3.8, 4) is 22.8 Å². The molecule has 3 aromatic carbocycles. The van der Waals surface area contributed by atoms with Gasteiger partial charge in [0.1, 0.15) is 5.75 Å². The molecule has 5 aromatic rings. The molecule has 0 unspecified atom stereocenters. The summed E-state index contributed by atoms with van der Waals surface area (Å²) in [6.45, 7) is 4.08. The zero-order chi connectivity index (χ0) is 25.8. The summed E-state index contributed by atoms with van der Waals surface area (Å²) in [6.07, 6.45) is 3.58. The number of ether oxygens (including phenoxy) is 2. The van der Waals surface area contributed by atoms with E-state index in [0.717, 1.165) is 51.0 Å².